The first-order valence-corrected chi connectivity index (χ1v) is 8.59. The number of aromatic nitrogens is 3. The van der Waals surface area contributed by atoms with Crippen molar-refractivity contribution in [2.24, 2.45) is 7.05 Å². The number of rotatable bonds is 1. The number of aryl methyl sites for hydroxylation is 1. The molecular formula is C17H20N4O4. The van der Waals surface area contributed by atoms with Crippen molar-refractivity contribution >= 4 is 16.9 Å². The van der Waals surface area contributed by atoms with Gasteiger partial charge in [-0.25, -0.2) is 9.78 Å². The summed E-state index contributed by atoms with van der Waals surface area (Å²) in [6.07, 6.45) is 4.22. The van der Waals surface area contributed by atoms with E-state index in [0.29, 0.717) is 13.2 Å². The topological polar surface area (TPSA) is 97.3 Å². The smallest absolute Gasteiger partial charge is 0.329 e. The summed E-state index contributed by atoms with van der Waals surface area (Å²) in [6.45, 7) is 1.06. The van der Waals surface area contributed by atoms with Gasteiger partial charge in [-0.1, -0.05) is 12.8 Å². The van der Waals surface area contributed by atoms with Crippen LogP contribution in [0.2, 0.25) is 0 Å². The molecule has 4 rings (SSSR count). The Hall–Kier alpha value is -2.48. The van der Waals surface area contributed by atoms with Gasteiger partial charge in [-0.05, 0) is 25.0 Å². The highest BCUT2D eigenvalue weighted by atomic mass is 16.5. The van der Waals surface area contributed by atoms with E-state index in [4.69, 9.17) is 4.74 Å². The summed E-state index contributed by atoms with van der Waals surface area (Å²) >= 11 is 0. The number of carbonyl (C=O) groups is 1. The normalized spacial score (nSPS) is 23.5. The van der Waals surface area contributed by atoms with Crippen LogP contribution in [0.15, 0.2) is 21.7 Å². The zero-order chi connectivity index (χ0) is 17.6. The van der Waals surface area contributed by atoms with Crippen LogP contribution >= 0.6 is 0 Å². The van der Waals surface area contributed by atoms with Crippen molar-refractivity contribution < 1.29 is 9.53 Å². The molecule has 0 spiro atoms. The molecule has 2 aromatic heterocycles. The highest BCUT2D eigenvalue weighted by molar-refractivity contribution is 5.94. The minimum atomic E-state index is -0.548. The molecule has 132 valence electrons. The summed E-state index contributed by atoms with van der Waals surface area (Å²) in [5.74, 6) is -0.171. The average molecular weight is 344 g/mol. The molecule has 0 radical (unpaired) electrons. The lowest BCUT2D eigenvalue weighted by Gasteiger charge is -2.43. The van der Waals surface area contributed by atoms with Crippen LogP contribution in [-0.4, -0.2) is 50.6 Å². The van der Waals surface area contributed by atoms with Crippen molar-refractivity contribution in [3.05, 3.63) is 38.7 Å². The van der Waals surface area contributed by atoms with Crippen molar-refractivity contribution in [2.45, 2.75) is 37.8 Å². The highest BCUT2D eigenvalue weighted by Crippen LogP contribution is 2.29. The number of fused-ring (bicyclic) bond motifs is 2. The second-order valence-electron chi connectivity index (χ2n) is 6.65. The molecule has 1 saturated heterocycles. The van der Waals surface area contributed by atoms with Gasteiger partial charge < -0.3 is 9.64 Å². The minimum Gasteiger partial charge on any atom is -0.374 e. The third-order valence-electron chi connectivity index (χ3n) is 5.17. The van der Waals surface area contributed by atoms with Gasteiger partial charge in [-0.15, -0.1) is 0 Å². The van der Waals surface area contributed by atoms with Gasteiger partial charge in [0.15, 0.2) is 0 Å². The SMILES string of the molecule is Cn1c(=O)[nH]c(=O)c2ccc(C(=O)N3CCO[C@H]4CCCC[C@@H]43)nc21. The largest absolute Gasteiger partial charge is 0.374 e. The third kappa shape index (κ3) is 2.66. The van der Waals surface area contributed by atoms with E-state index >= 15 is 0 Å². The Morgan fingerprint density at radius 2 is 2.08 bits per heavy atom. The van der Waals surface area contributed by atoms with Gasteiger partial charge in [-0.3, -0.25) is 19.1 Å². The van der Waals surface area contributed by atoms with Crippen LogP contribution in [0.1, 0.15) is 36.2 Å². The molecule has 0 aromatic carbocycles. The number of nitrogens with zero attached hydrogens (tertiary/aromatic N) is 3. The molecule has 1 aliphatic carbocycles. The first kappa shape index (κ1) is 16.0. The molecule has 0 unspecified atom stereocenters. The lowest BCUT2D eigenvalue weighted by molar-refractivity contribution is -0.0754. The van der Waals surface area contributed by atoms with Gasteiger partial charge in [0, 0.05) is 13.6 Å². The molecule has 1 N–H and O–H groups in total. The van der Waals surface area contributed by atoms with Crippen LogP contribution in [0.5, 0.6) is 0 Å². The molecule has 2 fully saturated rings. The van der Waals surface area contributed by atoms with Gasteiger partial charge in [0.05, 0.1) is 24.1 Å². The standard InChI is InChI=1S/C17H20N4O4/c1-20-14-10(15(22)19-17(20)24)6-7-11(18-14)16(23)21-8-9-25-13-5-3-2-4-12(13)21/h6-7,12-13H,2-5,8-9H2,1H3,(H,19,22,24)/t12-,13-/m0/s1. The van der Waals surface area contributed by atoms with Gasteiger partial charge in [0.25, 0.3) is 11.5 Å². The lowest BCUT2D eigenvalue weighted by Crippen LogP contribution is -2.55. The monoisotopic (exact) mass is 344 g/mol. The number of hydrogen-bond donors (Lipinski definition) is 1. The maximum atomic E-state index is 13.0. The first-order chi connectivity index (χ1) is 12.1. The number of carbonyl (C=O) groups excluding carboxylic acids is 1. The van der Waals surface area contributed by atoms with Crippen molar-refractivity contribution in [2.75, 3.05) is 13.2 Å². The van der Waals surface area contributed by atoms with Crippen molar-refractivity contribution in [1.82, 2.24) is 19.4 Å². The number of H-pyrrole nitrogens is 1. The maximum Gasteiger partial charge on any atom is 0.329 e. The molecule has 8 heteroatoms. The predicted molar refractivity (Wildman–Crippen MR) is 90.6 cm³/mol. The minimum absolute atomic E-state index is 0.0792. The molecular weight excluding hydrogens is 324 g/mol. The number of aromatic amines is 1. The van der Waals surface area contributed by atoms with Gasteiger partial charge in [0.1, 0.15) is 11.3 Å². The fourth-order valence-electron chi connectivity index (χ4n) is 3.84. The summed E-state index contributed by atoms with van der Waals surface area (Å²) in [5.41, 5.74) is -0.580. The number of ether oxygens (including phenoxy) is 1. The summed E-state index contributed by atoms with van der Waals surface area (Å²) in [5, 5.41) is 0.288. The second kappa shape index (κ2) is 6.11. The zero-order valence-corrected chi connectivity index (χ0v) is 14.0. The van der Waals surface area contributed by atoms with E-state index in [1.54, 1.807) is 12.1 Å². The van der Waals surface area contributed by atoms with E-state index in [0.717, 1.165) is 25.7 Å². The Kier molecular flexibility index (Phi) is 3.91. The van der Waals surface area contributed by atoms with E-state index < -0.39 is 11.2 Å². The van der Waals surface area contributed by atoms with E-state index in [1.165, 1.54) is 11.6 Å². The Morgan fingerprint density at radius 3 is 2.92 bits per heavy atom. The third-order valence-corrected chi connectivity index (χ3v) is 5.17. The maximum absolute atomic E-state index is 13.0. The number of morpholine rings is 1. The van der Waals surface area contributed by atoms with E-state index in [9.17, 15) is 14.4 Å². The molecule has 8 nitrogen and oxygen atoms in total. The van der Waals surface area contributed by atoms with Crippen LogP contribution in [0.4, 0.5) is 0 Å². The average Bonchev–Trinajstić information content (AvgIpc) is 2.65. The molecule has 2 aliphatic rings. The fourth-order valence-corrected chi connectivity index (χ4v) is 3.84. The molecule has 2 aromatic rings. The van der Waals surface area contributed by atoms with Crippen LogP contribution < -0.4 is 11.2 Å². The summed E-state index contributed by atoms with van der Waals surface area (Å²) in [4.78, 5) is 45.1. The van der Waals surface area contributed by atoms with E-state index in [2.05, 4.69) is 9.97 Å². The van der Waals surface area contributed by atoms with Crippen LogP contribution in [-0.2, 0) is 11.8 Å². The fraction of sp³-hybridized carbons (Fsp3) is 0.529. The summed E-state index contributed by atoms with van der Waals surface area (Å²) < 4.78 is 7.06. The Balaban J connectivity index is 1.73. The van der Waals surface area contributed by atoms with Crippen LogP contribution in [0.3, 0.4) is 0 Å². The van der Waals surface area contributed by atoms with Crippen molar-refractivity contribution in [3.8, 4) is 0 Å². The summed E-state index contributed by atoms with van der Waals surface area (Å²) in [6, 6.07) is 3.18. The number of hydrogen-bond acceptors (Lipinski definition) is 5. The molecule has 0 bridgehead atoms. The van der Waals surface area contributed by atoms with Crippen molar-refractivity contribution in [3.63, 3.8) is 0 Å². The first-order valence-electron chi connectivity index (χ1n) is 8.59. The van der Waals surface area contributed by atoms with Crippen molar-refractivity contribution in [1.29, 1.82) is 0 Å². The van der Waals surface area contributed by atoms with E-state index in [-0.39, 0.29) is 34.8 Å². The van der Waals surface area contributed by atoms with Gasteiger partial charge in [0.2, 0.25) is 0 Å². The van der Waals surface area contributed by atoms with Gasteiger partial charge in [-0.2, -0.15) is 0 Å². The number of amides is 1. The number of pyridine rings is 1. The molecule has 25 heavy (non-hydrogen) atoms. The zero-order valence-electron chi connectivity index (χ0n) is 14.0. The Morgan fingerprint density at radius 1 is 1.28 bits per heavy atom. The molecule has 1 saturated carbocycles. The molecule has 3 heterocycles. The summed E-state index contributed by atoms with van der Waals surface area (Å²) in [7, 11) is 1.52. The van der Waals surface area contributed by atoms with Crippen LogP contribution in [0.25, 0.3) is 11.0 Å². The predicted octanol–water partition coefficient (Wildman–Crippen LogP) is 0.405. The molecule has 2 atom stereocenters. The quantitative estimate of drug-likeness (QED) is 0.808. The highest BCUT2D eigenvalue weighted by Gasteiger charge is 2.37. The second-order valence-corrected chi connectivity index (χ2v) is 6.65. The lowest BCUT2D eigenvalue weighted by atomic mass is 9.90. The Bertz CT molecular complexity index is 946. The molecule has 1 aliphatic heterocycles. The van der Waals surface area contributed by atoms with E-state index in [1.807, 2.05) is 4.90 Å². The Labute approximate surface area is 143 Å². The molecule has 1 amide bonds. The number of nitrogens with one attached hydrogen (secondary N) is 1. The van der Waals surface area contributed by atoms with Gasteiger partial charge >= 0.3 is 5.69 Å². The van der Waals surface area contributed by atoms with Crippen LogP contribution in [0, 0.1) is 0 Å².